The molecule has 0 radical (unpaired) electrons. The van der Waals surface area contributed by atoms with Gasteiger partial charge in [-0.15, -0.1) is 5.10 Å². The van der Waals surface area contributed by atoms with Crippen LogP contribution < -0.4 is 10.1 Å². The van der Waals surface area contributed by atoms with E-state index in [9.17, 15) is 9.90 Å². The Hall–Kier alpha value is -2.06. The van der Waals surface area contributed by atoms with Gasteiger partial charge in [0.05, 0.1) is 11.8 Å². The summed E-state index contributed by atoms with van der Waals surface area (Å²) in [5, 5.41) is 25.1. The highest BCUT2D eigenvalue weighted by Gasteiger charge is 2.22. The third-order valence-corrected chi connectivity index (χ3v) is 3.72. The predicted octanol–water partition coefficient (Wildman–Crippen LogP) is 2.87. The number of rotatable bonds is 5. The molecule has 0 saturated carbocycles. The van der Waals surface area contributed by atoms with E-state index in [4.69, 9.17) is 9.84 Å². The van der Waals surface area contributed by atoms with Gasteiger partial charge in [0.25, 0.3) is 0 Å². The van der Waals surface area contributed by atoms with Crippen LogP contribution in [0.25, 0.3) is 5.69 Å². The third-order valence-electron chi connectivity index (χ3n) is 3.00. The Morgan fingerprint density at radius 1 is 1.36 bits per heavy atom. The number of anilines is 1. The van der Waals surface area contributed by atoms with Crippen molar-refractivity contribution in [3.05, 3.63) is 34.8 Å². The van der Waals surface area contributed by atoms with Crippen LogP contribution in [0.3, 0.4) is 0 Å². The van der Waals surface area contributed by atoms with E-state index in [0.717, 1.165) is 0 Å². The second-order valence-corrected chi connectivity index (χ2v) is 5.50. The summed E-state index contributed by atoms with van der Waals surface area (Å²) in [6.07, 6.45) is -2.40. The number of carboxylic acid groups (broad SMARTS) is 1. The van der Waals surface area contributed by atoms with Crippen molar-refractivity contribution in [3.63, 3.8) is 0 Å². The summed E-state index contributed by atoms with van der Waals surface area (Å²) in [7, 11) is 0. The van der Waals surface area contributed by atoms with Crippen molar-refractivity contribution in [2.45, 2.75) is 26.1 Å². The molecule has 118 valence electrons. The third kappa shape index (κ3) is 3.58. The zero-order valence-corrected chi connectivity index (χ0v) is 13.6. The number of carbonyl (C=O) groups is 1. The van der Waals surface area contributed by atoms with Crippen molar-refractivity contribution in [2.75, 3.05) is 5.32 Å². The number of aromatic nitrogens is 2. The lowest BCUT2D eigenvalue weighted by Gasteiger charge is -2.15. The highest BCUT2D eigenvalue weighted by atomic mass is 79.9. The fourth-order valence-corrected chi connectivity index (χ4v) is 2.13. The number of hydrogen-bond donors (Lipinski definition) is 3. The maximum atomic E-state index is 11.0. The van der Waals surface area contributed by atoms with Gasteiger partial charge in [0.2, 0.25) is 5.88 Å². The van der Waals surface area contributed by atoms with Gasteiger partial charge < -0.3 is 14.9 Å². The summed E-state index contributed by atoms with van der Waals surface area (Å²) in [6, 6.07) is 9.05. The zero-order valence-electron chi connectivity index (χ0n) is 12.0. The summed E-state index contributed by atoms with van der Waals surface area (Å²) in [5.74, 6) is 0.424. The van der Waals surface area contributed by atoms with E-state index >= 15 is 0 Å². The van der Waals surface area contributed by atoms with Crippen LogP contribution in [0.1, 0.15) is 13.8 Å². The summed E-state index contributed by atoms with van der Waals surface area (Å²) < 4.78 is 7.36. The van der Waals surface area contributed by atoms with E-state index in [-0.39, 0.29) is 11.7 Å². The Labute approximate surface area is 135 Å². The van der Waals surface area contributed by atoms with Gasteiger partial charge in [-0.3, -0.25) is 5.32 Å². The minimum atomic E-state index is -1.21. The van der Waals surface area contributed by atoms with Gasteiger partial charge in [-0.1, -0.05) is 18.2 Å². The van der Waals surface area contributed by atoms with Crippen molar-refractivity contribution < 1.29 is 19.7 Å². The van der Waals surface area contributed by atoms with Gasteiger partial charge in [-0.2, -0.15) is 0 Å². The quantitative estimate of drug-likeness (QED) is 0.752. The van der Waals surface area contributed by atoms with Crippen LogP contribution in [0.4, 0.5) is 10.6 Å². The first-order valence-corrected chi connectivity index (χ1v) is 7.38. The first-order chi connectivity index (χ1) is 10.4. The van der Waals surface area contributed by atoms with Crippen molar-refractivity contribution in [3.8, 4) is 11.6 Å². The maximum Gasteiger partial charge on any atom is 0.410 e. The normalized spacial score (nSPS) is 13.5. The molecule has 0 bridgehead atoms. The summed E-state index contributed by atoms with van der Waals surface area (Å²) in [4.78, 5) is 11.0. The second-order valence-electron chi connectivity index (χ2n) is 4.71. The number of nitrogens with zero attached hydrogens (tertiary/aromatic N) is 2. The standard InChI is InChI=1S/C14H16BrN3O4/c1-8(19)9(2)22-13-11(15)12(16-14(20)21)18(17-13)10-6-4-3-5-7-10/h3-9,16,19H,1-2H3,(H,20,21). The Balaban J connectivity index is 2.45. The Morgan fingerprint density at radius 2 is 2.00 bits per heavy atom. The first kappa shape index (κ1) is 16.3. The van der Waals surface area contributed by atoms with Crippen LogP contribution in [0.5, 0.6) is 5.88 Å². The van der Waals surface area contributed by atoms with E-state index < -0.39 is 18.3 Å². The van der Waals surface area contributed by atoms with Crippen molar-refractivity contribution in [1.29, 1.82) is 0 Å². The zero-order chi connectivity index (χ0) is 16.3. The van der Waals surface area contributed by atoms with Crippen molar-refractivity contribution in [2.24, 2.45) is 0 Å². The SMILES string of the molecule is CC(O)C(C)Oc1nn(-c2ccccc2)c(NC(=O)O)c1Br. The van der Waals surface area contributed by atoms with Crippen molar-refractivity contribution >= 4 is 27.8 Å². The number of benzene rings is 1. The largest absolute Gasteiger partial charge is 0.470 e. The highest BCUT2D eigenvalue weighted by Crippen LogP contribution is 2.35. The first-order valence-electron chi connectivity index (χ1n) is 6.58. The van der Waals surface area contributed by atoms with Crippen LogP contribution in [0.15, 0.2) is 34.8 Å². The number of ether oxygens (including phenoxy) is 1. The molecule has 1 amide bonds. The van der Waals surface area contributed by atoms with Crippen LogP contribution in [0.2, 0.25) is 0 Å². The van der Waals surface area contributed by atoms with Crippen molar-refractivity contribution in [1.82, 2.24) is 9.78 Å². The van der Waals surface area contributed by atoms with Gasteiger partial charge in [0.1, 0.15) is 10.6 Å². The molecule has 22 heavy (non-hydrogen) atoms. The monoisotopic (exact) mass is 369 g/mol. The summed E-state index contributed by atoms with van der Waals surface area (Å²) in [5.41, 5.74) is 0.673. The molecule has 2 unspecified atom stereocenters. The lowest BCUT2D eigenvalue weighted by Crippen LogP contribution is -2.25. The Kier molecular flexibility index (Phi) is 5.04. The molecule has 1 aromatic heterocycles. The fourth-order valence-electron chi connectivity index (χ4n) is 1.69. The average Bonchev–Trinajstić information content (AvgIpc) is 2.77. The number of hydrogen-bond acceptors (Lipinski definition) is 4. The molecule has 7 nitrogen and oxygen atoms in total. The number of amides is 1. The molecule has 0 saturated heterocycles. The molecule has 8 heteroatoms. The van der Waals surface area contributed by atoms with E-state index in [1.165, 1.54) is 4.68 Å². The number of nitrogens with one attached hydrogen (secondary N) is 1. The number of halogens is 1. The van der Waals surface area contributed by atoms with E-state index in [1.54, 1.807) is 26.0 Å². The lowest BCUT2D eigenvalue weighted by atomic mass is 10.3. The molecular formula is C14H16BrN3O4. The van der Waals surface area contributed by atoms with E-state index in [2.05, 4.69) is 26.3 Å². The molecule has 0 spiro atoms. The molecule has 1 heterocycles. The number of para-hydroxylation sites is 1. The molecule has 0 aliphatic rings. The summed E-state index contributed by atoms with van der Waals surface area (Å²) >= 11 is 3.29. The van der Waals surface area contributed by atoms with Gasteiger partial charge >= 0.3 is 6.09 Å². The van der Waals surface area contributed by atoms with Gasteiger partial charge in [-0.25, -0.2) is 9.48 Å². The highest BCUT2D eigenvalue weighted by molar-refractivity contribution is 9.10. The minimum absolute atomic E-state index is 0.195. The molecular weight excluding hydrogens is 354 g/mol. The van der Waals surface area contributed by atoms with Gasteiger partial charge in [-0.05, 0) is 41.9 Å². The summed E-state index contributed by atoms with van der Waals surface area (Å²) in [6.45, 7) is 3.30. The van der Waals surface area contributed by atoms with Gasteiger partial charge in [0.15, 0.2) is 5.82 Å². The maximum absolute atomic E-state index is 11.0. The molecule has 2 aromatic rings. The molecule has 3 N–H and O–H groups in total. The molecule has 0 aliphatic heterocycles. The Morgan fingerprint density at radius 3 is 2.55 bits per heavy atom. The molecule has 1 aromatic carbocycles. The molecule has 2 atom stereocenters. The molecule has 0 fully saturated rings. The topological polar surface area (TPSA) is 96.6 Å². The van der Waals surface area contributed by atoms with Crippen LogP contribution in [-0.4, -0.2) is 38.3 Å². The smallest absolute Gasteiger partial charge is 0.410 e. The van der Waals surface area contributed by atoms with Gasteiger partial charge in [0, 0.05) is 0 Å². The number of aliphatic hydroxyl groups excluding tert-OH is 1. The molecule has 2 rings (SSSR count). The lowest BCUT2D eigenvalue weighted by molar-refractivity contribution is 0.0567. The Bertz CT molecular complexity index is 658. The fraction of sp³-hybridized carbons (Fsp3) is 0.286. The van der Waals surface area contributed by atoms with Crippen LogP contribution in [0, 0.1) is 0 Å². The second kappa shape index (κ2) is 6.80. The number of aliphatic hydroxyl groups is 1. The van der Waals surface area contributed by atoms with E-state index in [1.807, 2.05) is 18.2 Å². The predicted molar refractivity (Wildman–Crippen MR) is 84.7 cm³/mol. The molecule has 0 aliphatic carbocycles. The minimum Gasteiger partial charge on any atom is -0.470 e. The van der Waals surface area contributed by atoms with E-state index in [0.29, 0.717) is 10.2 Å². The van der Waals surface area contributed by atoms with Crippen LogP contribution >= 0.6 is 15.9 Å². The average molecular weight is 370 g/mol. The van der Waals surface area contributed by atoms with Crippen LogP contribution in [-0.2, 0) is 0 Å².